The first-order valence-corrected chi connectivity index (χ1v) is 11.8. The van der Waals surface area contributed by atoms with Gasteiger partial charge in [0, 0.05) is 18.4 Å². The van der Waals surface area contributed by atoms with Crippen molar-refractivity contribution >= 4 is 23.5 Å². The van der Waals surface area contributed by atoms with Gasteiger partial charge < -0.3 is 24.7 Å². The van der Waals surface area contributed by atoms with Crippen LogP contribution in [0.5, 0.6) is 0 Å². The molecular weight excluding hydrogens is 421 g/mol. The van der Waals surface area contributed by atoms with Crippen molar-refractivity contribution in [2.24, 2.45) is 11.8 Å². The van der Waals surface area contributed by atoms with Crippen molar-refractivity contribution in [2.45, 2.75) is 13.8 Å². The summed E-state index contributed by atoms with van der Waals surface area (Å²) in [5, 5.41) is 8.77. The molecule has 0 saturated carbocycles. The lowest BCUT2D eigenvalue weighted by molar-refractivity contribution is 0.0812. The van der Waals surface area contributed by atoms with Crippen LogP contribution in [0, 0.1) is 11.8 Å². The Hall–Kier alpha value is 0.290. The predicted molar refractivity (Wildman–Crippen MR) is 86.9 cm³/mol. The average Bonchev–Trinajstić information content (AvgIpc) is 2.52. The highest BCUT2D eigenvalue weighted by molar-refractivity contribution is 7.47. The SMILES string of the molecule is CC(CO)COP(=O)(O)OCCOP(=O)(O)OCC(C)COP(=O)(O)O. The van der Waals surface area contributed by atoms with Gasteiger partial charge in [-0.25, -0.2) is 13.7 Å². The fourth-order valence-electron chi connectivity index (χ4n) is 1.15. The molecule has 0 heterocycles. The standard InChI is InChI=1S/C10H25O13P3/c1-9(5-11)6-22-25(15,16)19-3-4-20-26(17,18)23-8-10(2)7-21-24(12,13)14/h9-11H,3-8H2,1-2H3,(H,15,16)(H,17,18)(H2,12,13,14). The van der Waals surface area contributed by atoms with Gasteiger partial charge in [0.25, 0.3) is 0 Å². The van der Waals surface area contributed by atoms with E-state index in [1.807, 2.05) is 0 Å². The summed E-state index contributed by atoms with van der Waals surface area (Å²) in [6.45, 7) is 0.642. The second-order valence-corrected chi connectivity index (χ2v) is 9.52. The molecule has 4 atom stereocenters. The number of rotatable bonds is 15. The van der Waals surface area contributed by atoms with E-state index in [9.17, 15) is 23.5 Å². The van der Waals surface area contributed by atoms with Crippen LogP contribution in [0.1, 0.15) is 13.8 Å². The van der Waals surface area contributed by atoms with Crippen molar-refractivity contribution in [3.63, 3.8) is 0 Å². The number of aliphatic hydroxyl groups excluding tert-OH is 1. The molecule has 158 valence electrons. The fourth-order valence-corrected chi connectivity index (χ4v) is 3.24. The number of aliphatic hydroxyl groups is 1. The molecule has 0 aliphatic rings. The molecule has 13 nitrogen and oxygen atoms in total. The highest BCUT2D eigenvalue weighted by Gasteiger charge is 2.26. The highest BCUT2D eigenvalue weighted by Crippen LogP contribution is 2.46. The molecule has 0 fully saturated rings. The Morgan fingerprint density at radius 1 is 0.692 bits per heavy atom. The molecule has 0 aliphatic carbocycles. The van der Waals surface area contributed by atoms with Crippen molar-refractivity contribution < 1.29 is 61.0 Å². The molecule has 16 heteroatoms. The third-order valence-electron chi connectivity index (χ3n) is 2.48. The molecule has 0 radical (unpaired) electrons. The molecule has 0 rings (SSSR count). The summed E-state index contributed by atoms with van der Waals surface area (Å²) in [5.74, 6) is -1.000. The lowest BCUT2D eigenvalue weighted by Crippen LogP contribution is -2.13. The van der Waals surface area contributed by atoms with Crippen LogP contribution in [0.25, 0.3) is 0 Å². The molecule has 26 heavy (non-hydrogen) atoms. The van der Waals surface area contributed by atoms with E-state index < -0.39 is 55.8 Å². The lowest BCUT2D eigenvalue weighted by atomic mass is 10.2. The summed E-state index contributed by atoms with van der Waals surface area (Å²) in [6.07, 6.45) is 0. The van der Waals surface area contributed by atoms with Crippen molar-refractivity contribution in [3.8, 4) is 0 Å². The van der Waals surface area contributed by atoms with Crippen molar-refractivity contribution in [1.82, 2.24) is 0 Å². The minimum Gasteiger partial charge on any atom is -0.396 e. The molecule has 0 aromatic carbocycles. The Morgan fingerprint density at radius 3 is 1.46 bits per heavy atom. The first-order chi connectivity index (χ1) is 11.8. The Morgan fingerprint density at radius 2 is 1.08 bits per heavy atom. The topological polar surface area (TPSA) is 199 Å². The summed E-state index contributed by atoms with van der Waals surface area (Å²) in [6, 6.07) is 0. The minimum atomic E-state index is -4.65. The third kappa shape index (κ3) is 15.4. The van der Waals surface area contributed by atoms with Gasteiger partial charge >= 0.3 is 23.5 Å². The fraction of sp³-hybridized carbons (Fsp3) is 1.00. The van der Waals surface area contributed by atoms with Crippen molar-refractivity contribution in [3.05, 3.63) is 0 Å². The number of hydrogen-bond acceptors (Lipinski definition) is 9. The van der Waals surface area contributed by atoms with Crippen LogP contribution in [0.4, 0.5) is 0 Å². The van der Waals surface area contributed by atoms with Gasteiger partial charge in [0.1, 0.15) is 0 Å². The van der Waals surface area contributed by atoms with Crippen LogP contribution in [0.15, 0.2) is 0 Å². The van der Waals surface area contributed by atoms with Crippen LogP contribution < -0.4 is 0 Å². The van der Waals surface area contributed by atoms with Gasteiger partial charge in [0.05, 0.1) is 33.0 Å². The molecule has 0 aromatic rings. The van der Waals surface area contributed by atoms with E-state index in [4.69, 9.17) is 14.9 Å². The van der Waals surface area contributed by atoms with Gasteiger partial charge in [-0.1, -0.05) is 13.8 Å². The quantitative estimate of drug-likeness (QED) is 0.173. The lowest BCUT2D eigenvalue weighted by Gasteiger charge is -2.17. The molecule has 0 aromatic heterocycles. The molecule has 0 amide bonds. The number of phosphoric acid groups is 3. The Labute approximate surface area is 150 Å². The monoisotopic (exact) mass is 446 g/mol. The van der Waals surface area contributed by atoms with E-state index in [0.717, 1.165) is 0 Å². The van der Waals surface area contributed by atoms with Crippen molar-refractivity contribution in [1.29, 1.82) is 0 Å². The molecule has 0 spiro atoms. The summed E-state index contributed by atoms with van der Waals surface area (Å²) >= 11 is 0. The zero-order valence-corrected chi connectivity index (χ0v) is 16.9. The summed E-state index contributed by atoms with van der Waals surface area (Å²) in [4.78, 5) is 35.8. The maximum Gasteiger partial charge on any atom is 0.472 e. The van der Waals surface area contributed by atoms with Gasteiger partial charge in [0.15, 0.2) is 0 Å². The minimum absolute atomic E-state index is 0.221. The van der Waals surface area contributed by atoms with Crippen LogP contribution in [0.2, 0.25) is 0 Å². The maximum absolute atomic E-state index is 11.6. The van der Waals surface area contributed by atoms with Gasteiger partial charge in [-0.2, -0.15) is 0 Å². The average molecular weight is 446 g/mol. The highest BCUT2D eigenvalue weighted by atomic mass is 31.2. The van der Waals surface area contributed by atoms with Gasteiger partial charge in [-0.15, -0.1) is 0 Å². The van der Waals surface area contributed by atoms with E-state index in [-0.39, 0.29) is 19.1 Å². The van der Waals surface area contributed by atoms with Gasteiger partial charge in [0.2, 0.25) is 0 Å². The zero-order chi connectivity index (χ0) is 20.4. The van der Waals surface area contributed by atoms with E-state index in [2.05, 4.69) is 22.6 Å². The first-order valence-electron chi connectivity index (χ1n) is 7.31. The first kappa shape index (κ1) is 26.3. The molecular formula is C10H25O13P3. The van der Waals surface area contributed by atoms with Crippen LogP contribution in [-0.2, 0) is 36.3 Å². The summed E-state index contributed by atoms with van der Waals surface area (Å²) in [7, 11) is -13.5. The third-order valence-corrected chi connectivity index (χ3v) is 4.93. The molecule has 0 bridgehead atoms. The Kier molecular flexibility index (Phi) is 12.1. The second kappa shape index (κ2) is 12.0. The van der Waals surface area contributed by atoms with E-state index >= 15 is 0 Å². The van der Waals surface area contributed by atoms with E-state index in [0.29, 0.717) is 0 Å². The van der Waals surface area contributed by atoms with E-state index in [1.54, 1.807) is 6.92 Å². The van der Waals surface area contributed by atoms with Gasteiger partial charge in [-0.3, -0.25) is 22.6 Å². The predicted octanol–water partition coefficient (Wildman–Crippen LogP) is 0.627. The Bertz CT molecular complexity index is 534. The van der Waals surface area contributed by atoms with Crippen molar-refractivity contribution in [2.75, 3.05) is 39.6 Å². The van der Waals surface area contributed by atoms with E-state index in [1.165, 1.54) is 6.92 Å². The normalized spacial score (nSPS) is 19.5. The van der Waals surface area contributed by atoms with Crippen LogP contribution in [0.3, 0.4) is 0 Å². The summed E-state index contributed by atoms with van der Waals surface area (Å²) in [5.41, 5.74) is 0. The Balaban J connectivity index is 4.04. The van der Waals surface area contributed by atoms with Crippen LogP contribution >= 0.6 is 23.5 Å². The number of phosphoric ester groups is 3. The van der Waals surface area contributed by atoms with Gasteiger partial charge in [-0.05, 0) is 0 Å². The molecule has 0 aliphatic heterocycles. The maximum atomic E-state index is 11.6. The largest absolute Gasteiger partial charge is 0.472 e. The number of hydrogen-bond donors (Lipinski definition) is 5. The molecule has 4 unspecified atom stereocenters. The van der Waals surface area contributed by atoms with Crippen LogP contribution in [-0.4, -0.2) is 64.3 Å². The second-order valence-electron chi connectivity index (χ2n) is 5.37. The zero-order valence-electron chi connectivity index (χ0n) is 14.2. The molecule has 5 N–H and O–H groups in total. The summed E-state index contributed by atoms with van der Waals surface area (Å²) < 4.78 is 55.9. The molecule has 0 saturated heterocycles. The smallest absolute Gasteiger partial charge is 0.396 e.